The molecule has 0 radical (unpaired) electrons. The average Bonchev–Trinajstić information content (AvgIpc) is 2.47. The zero-order valence-electron chi connectivity index (χ0n) is 11.7. The van der Waals surface area contributed by atoms with Gasteiger partial charge in [-0.3, -0.25) is 4.57 Å². The molecule has 0 spiro atoms. The zero-order chi connectivity index (χ0) is 15.5. The predicted octanol–water partition coefficient (Wildman–Crippen LogP) is 2.04. The van der Waals surface area contributed by atoms with Gasteiger partial charge in [0.2, 0.25) is 6.79 Å². The third kappa shape index (κ3) is 8.12. The van der Waals surface area contributed by atoms with Gasteiger partial charge < -0.3 is 19.3 Å². The third-order valence-electron chi connectivity index (χ3n) is 2.29. The number of rotatable bonds is 8. The van der Waals surface area contributed by atoms with Crippen LogP contribution in [0.15, 0.2) is 30.3 Å². The number of hydrogen-bond acceptors (Lipinski definition) is 6. The Morgan fingerprint density at radius 3 is 2.57 bits per heavy atom. The third-order valence-corrected chi connectivity index (χ3v) is 2.90. The summed E-state index contributed by atoms with van der Waals surface area (Å²) in [4.78, 5) is 22.7. The molecule has 1 aromatic rings. The lowest BCUT2D eigenvalue weighted by Gasteiger charge is -2.07. The van der Waals surface area contributed by atoms with Crippen LogP contribution in [0.25, 0.3) is 0 Å². The van der Waals surface area contributed by atoms with Crippen LogP contribution in [-0.2, 0) is 18.6 Å². The Labute approximate surface area is 123 Å². The summed E-state index contributed by atoms with van der Waals surface area (Å²) in [5.74, 6) is -0.565. The Balaban J connectivity index is 2.08. The lowest BCUT2D eigenvalue weighted by molar-refractivity contribution is -0.00227. The number of carbonyl (C=O) groups is 2. The first kappa shape index (κ1) is 17.2. The molecule has 0 fully saturated rings. The first-order valence-electron chi connectivity index (χ1n) is 6.36. The topological polar surface area (TPSA) is 90.9 Å². The van der Waals surface area contributed by atoms with Gasteiger partial charge in [-0.15, -0.1) is 0 Å². The maximum absolute atomic E-state index is 11.5. The number of benzene rings is 1. The molecule has 116 valence electrons. The first-order chi connectivity index (χ1) is 10.1. The van der Waals surface area contributed by atoms with Gasteiger partial charge >= 0.3 is 12.1 Å². The van der Waals surface area contributed by atoms with Crippen LogP contribution < -0.4 is 5.32 Å². The molecular weight excluding hydrogens is 297 g/mol. The SMILES string of the molecule is C[PH](=O)OCCCNC(=O)OCOC(=O)c1ccccc1. The first-order valence-corrected chi connectivity index (χ1v) is 8.17. The number of alkyl carbamates (subject to hydrolysis) is 1. The molecule has 1 aromatic carbocycles. The maximum atomic E-state index is 11.5. The van der Waals surface area contributed by atoms with E-state index in [1.54, 1.807) is 30.3 Å². The highest BCUT2D eigenvalue weighted by Crippen LogP contribution is 2.14. The molecule has 0 aliphatic carbocycles. The van der Waals surface area contributed by atoms with Gasteiger partial charge in [0.1, 0.15) is 0 Å². The van der Waals surface area contributed by atoms with E-state index in [9.17, 15) is 14.2 Å². The summed E-state index contributed by atoms with van der Waals surface area (Å²) in [6.07, 6.45) is -0.177. The largest absolute Gasteiger partial charge is 0.424 e. The molecular formula is C13H18NO6P. The average molecular weight is 315 g/mol. The lowest BCUT2D eigenvalue weighted by atomic mass is 10.2. The van der Waals surface area contributed by atoms with Crippen LogP contribution in [0.4, 0.5) is 4.79 Å². The van der Waals surface area contributed by atoms with Gasteiger partial charge in [-0.1, -0.05) is 18.2 Å². The summed E-state index contributed by atoms with van der Waals surface area (Å²) in [6, 6.07) is 8.39. The lowest BCUT2D eigenvalue weighted by Crippen LogP contribution is -2.27. The van der Waals surface area contributed by atoms with Crippen molar-refractivity contribution in [1.82, 2.24) is 5.32 Å². The number of ether oxygens (including phenoxy) is 2. The molecule has 1 N–H and O–H groups in total. The second-order valence-corrected chi connectivity index (χ2v) is 5.24. The van der Waals surface area contributed by atoms with Crippen molar-refractivity contribution in [1.29, 1.82) is 0 Å². The van der Waals surface area contributed by atoms with E-state index in [1.165, 1.54) is 6.66 Å². The molecule has 0 aliphatic rings. The highest BCUT2D eigenvalue weighted by atomic mass is 31.1. The number of amides is 1. The molecule has 1 rings (SSSR count). The Morgan fingerprint density at radius 1 is 1.19 bits per heavy atom. The molecule has 0 aromatic heterocycles. The molecule has 0 bridgehead atoms. The maximum Gasteiger partial charge on any atom is 0.410 e. The highest BCUT2D eigenvalue weighted by Gasteiger charge is 2.07. The van der Waals surface area contributed by atoms with Crippen molar-refractivity contribution in [3.05, 3.63) is 35.9 Å². The van der Waals surface area contributed by atoms with E-state index in [2.05, 4.69) is 10.1 Å². The highest BCUT2D eigenvalue weighted by molar-refractivity contribution is 7.38. The molecule has 1 atom stereocenters. The van der Waals surface area contributed by atoms with Gasteiger partial charge in [-0.2, -0.15) is 0 Å². The van der Waals surface area contributed by atoms with Crippen LogP contribution in [0, 0.1) is 0 Å². The molecule has 1 unspecified atom stereocenters. The normalized spacial score (nSPS) is 11.5. The molecule has 0 saturated heterocycles. The minimum Gasteiger partial charge on any atom is -0.424 e. The molecule has 0 heterocycles. The van der Waals surface area contributed by atoms with Gasteiger partial charge in [0.15, 0.2) is 8.03 Å². The monoisotopic (exact) mass is 315 g/mol. The van der Waals surface area contributed by atoms with Crippen molar-refractivity contribution in [2.45, 2.75) is 6.42 Å². The van der Waals surface area contributed by atoms with E-state index in [4.69, 9.17) is 9.26 Å². The minimum absolute atomic E-state index is 0.303. The van der Waals surface area contributed by atoms with E-state index in [0.29, 0.717) is 25.1 Å². The number of esters is 1. The Bertz CT molecular complexity index is 479. The molecule has 7 nitrogen and oxygen atoms in total. The summed E-state index contributed by atoms with van der Waals surface area (Å²) in [5, 5.41) is 2.45. The van der Waals surface area contributed by atoms with Crippen molar-refractivity contribution >= 4 is 20.1 Å². The van der Waals surface area contributed by atoms with E-state index < -0.39 is 26.9 Å². The van der Waals surface area contributed by atoms with Crippen molar-refractivity contribution in [2.75, 3.05) is 26.6 Å². The fourth-order valence-electron chi connectivity index (χ4n) is 1.32. The van der Waals surface area contributed by atoms with Gasteiger partial charge in [0.25, 0.3) is 0 Å². The van der Waals surface area contributed by atoms with Crippen molar-refractivity contribution in [3.63, 3.8) is 0 Å². The molecule has 8 heteroatoms. The Hall–Kier alpha value is -1.85. The van der Waals surface area contributed by atoms with Crippen LogP contribution in [0.1, 0.15) is 16.8 Å². The minimum atomic E-state index is -1.94. The van der Waals surface area contributed by atoms with E-state index >= 15 is 0 Å². The molecule has 1 amide bonds. The Morgan fingerprint density at radius 2 is 1.90 bits per heavy atom. The fourth-order valence-corrected chi connectivity index (χ4v) is 1.76. The summed E-state index contributed by atoms with van der Waals surface area (Å²) in [5.41, 5.74) is 0.383. The van der Waals surface area contributed by atoms with Crippen molar-refractivity contribution in [3.8, 4) is 0 Å². The van der Waals surface area contributed by atoms with Gasteiger partial charge in [0, 0.05) is 13.2 Å². The van der Waals surface area contributed by atoms with E-state index in [0.717, 1.165) is 0 Å². The van der Waals surface area contributed by atoms with E-state index in [-0.39, 0.29) is 0 Å². The second-order valence-electron chi connectivity index (χ2n) is 3.97. The van der Waals surface area contributed by atoms with Gasteiger partial charge in [-0.05, 0) is 18.6 Å². The van der Waals surface area contributed by atoms with Crippen molar-refractivity contribution < 1.29 is 28.2 Å². The second kappa shape index (κ2) is 9.96. The van der Waals surface area contributed by atoms with Crippen LogP contribution in [-0.4, -0.2) is 38.7 Å². The smallest absolute Gasteiger partial charge is 0.410 e. The summed E-state index contributed by atoms with van der Waals surface area (Å²) in [6.45, 7) is 1.66. The molecule has 0 aliphatic heterocycles. The number of nitrogens with one attached hydrogen (secondary N) is 1. The van der Waals surface area contributed by atoms with Crippen LogP contribution >= 0.6 is 8.03 Å². The predicted molar refractivity (Wildman–Crippen MR) is 76.7 cm³/mol. The van der Waals surface area contributed by atoms with Crippen LogP contribution in [0.3, 0.4) is 0 Å². The standard InChI is InChI=1S/C13H18NO6P/c1-21(17)20-9-5-8-14-13(16)19-10-18-12(15)11-6-3-2-4-7-11/h2-4,6-7,21H,5,8-10H2,1H3,(H,14,16). The quantitative estimate of drug-likeness (QED) is 0.342. The van der Waals surface area contributed by atoms with Crippen LogP contribution in [0.5, 0.6) is 0 Å². The summed E-state index contributed by atoms with van der Waals surface area (Å²) >= 11 is 0. The number of hydrogen-bond donors (Lipinski definition) is 1. The van der Waals surface area contributed by atoms with Gasteiger partial charge in [0.05, 0.1) is 12.2 Å². The van der Waals surface area contributed by atoms with Crippen LogP contribution in [0.2, 0.25) is 0 Å². The molecule has 0 saturated carbocycles. The van der Waals surface area contributed by atoms with E-state index in [1.807, 2.05) is 0 Å². The number of carbonyl (C=O) groups excluding carboxylic acids is 2. The summed E-state index contributed by atoms with van der Waals surface area (Å²) < 4.78 is 25.0. The zero-order valence-corrected chi connectivity index (χ0v) is 12.7. The summed E-state index contributed by atoms with van der Waals surface area (Å²) in [7, 11) is -1.94. The fraction of sp³-hybridized carbons (Fsp3) is 0.385. The Kier molecular flexibility index (Phi) is 8.16. The molecule has 21 heavy (non-hydrogen) atoms. The van der Waals surface area contributed by atoms with Crippen molar-refractivity contribution in [2.24, 2.45) is 0 Å². The van der Waals surface area contributed by atoms with Gasteiger partial charge in [-0.25, -0.2) is 9.59 Å².